The van der Waals surface area contributed by atoms with Crippen LogP contribution in [-0.2, 0) is 14.8 Å². The second-order valence-electron chi connectivity index (χ2n) is 6.79. The first kappa shape index (κ1) is 20.4. The number of carbonyl (C=O) groups is 1. The van der Waals surface area contributed by atoms with Crippen LogP contribution in [0.4, 0.5) is 0 Å². The second-order valence-corrected chi connectivity index (χ2v) is 9.66. The Bertz CT molecular complexity index is 644. The zero-order valence-electron chi connectivity index (χ0n) is 15.3. The molecular weight excluding hydrogens is 358 g/mol. The molecule has 0 aromatic carbocycles. The van der Waals surface area contributed by atoms with Crippen molar-refractivity contribution >= 4 is 27.3 Å². The highest BCUT2D eigenvalue weighted by Gasteiger charge is 2.32. The Balaban J connectivity index is 1.93. The summed E-state index contributed by atoms with van der Waals surface area (Å²) >= 11 is 1.64. The first-order chi connectivity index (χ1) is 11.8. The summed E-state index contributed by atoms with van der Waals surface area (Å²) in [6.45, 7) is 3.22. The number of thiophene rings is 1. The number of rotatable bonds is 8. The quantitative estimate of drug-likeness (QED) is 0.740. The molecule has 0 radical (unpaired) electrons. The highest BCUT2D eigenvalue weighted by atomic mass is 32.2. The lowest BCUT2D eigenvalue weighted by Gasteiger charge is -2.32. The average molecular weight is 388 g/mol. The summed E-state index contributed by atoms with van der Waals surface area (Å²) in [6, 6.07) is 2.19. The summed E-state index contributed by atoms with van der Waals surface area (Å²) in [5.41, 5.74) is 1.19. The van der Waals surface area contributed by atoms with E-state index in [1.54, 1.807) is 11.3 Å². The molecule has 1 fully saturated rings. The second kappa shape index (κ2) is 9.12. The molecule has 0 bridgehead atoms. The van der Waals surface area contributed by atoms with Crippen LogP contribution in [0.25, 0.3) is 0 Å². The van der Waals surface area contributed by atoms with Gasteiger partial charge in [-0.15, -0.1) is 0 Å². The van der Waals surface area contributed by atoms with Gasteiger partial charge in [-0.1, -0.05) is 6.92 Å². The molecule has 2 atom stereocenters. The van der Waals surface area contributed by atoms with Gasteiger partial charge in [0.1, 0.15) is 0 Å². The maximum Gasteiger partial charge on any atom is 0.224 e. The molecule has 25 heavy (non-hydrogen) atoms. The summed E-state index contributed by atoms with van der Waals surface area (Å²) in [7, 11) is 0.755. The lowest BCUT2D eigenvalue weighted by Crippen LogP contribution is -2.47. The van der Waals surface area contributed by atoms with E-state index >= 15 is 0 Å². The number of carbonyl (C=O) groups excluding carboxylic acids is 1. The Labute approximate surface area is 155 Å². The maximum absolute atomic E-state index is 12.6. The summed E-state index contributed by atoms with van der Waals surface area (Å²) < 4.78 is 26.0. The first-order valence-electron chi connectivity index (χ1n) is 8.79. The SMILES string of the molecule is CCCS(=O)(=O)N1CCC[C@H](C(=O)NC[C@H](c2ccsc2)N(C)C)C1. The van der Waals surface area contributed by atoms with E-state index in [1.165, 1.54) is 9.87 Å². The van der Waals surface area contributed by atoms with Crippen LogP contribution < -0.4 is 5.32 Å². The zero-order chi connectivity index (χ0) is 18.4. The normalized spacial score (nSPS) is 20.6. The van der Waals surface area contributed by atoms with Crippen molar-refractivity contribution < 1.29 is 13.2 Å². The molecule has 0 saturated carbocycles. The molecular formula is C17H29N3O3S2. The van der Waals surface area contributed by atoms with E-state index in [0.717, 1.165) is 12.8 Å². The molecule has 0 unspecified atom stereocenters. The number of nitrogens with one attached hydrogen (secondary N) is 1. The summed E-state index contributed by atoms with van der Waals surface area (Å²) in [5, 5.41) is 7.16. The van der Waals surface area contributed by atoms with Gasteiger partial charge in [-0.05, 0) is 55.7 Å². The number of sulfonamides is 1. The van der Waals surface area contributed by atoms with Crippen LogP contribution in [0.15, 0.2) is 16.8 Å². The molecule has 1 aromatic rings. The summed E-state index contributed by atoms with van der Waals surface area (Å²) in [6.07, 6.45) is 2.08. The molecule has 1 aliphatic rings. The summed E-state index contributed by atoms with van der Waals surface area (Å²) in [4.78, 5) is 14.7. The van der Waals surface area contributed by atoms with Crippen molar-refractivity contribution in [3.63, 3.8) is 0 Å². The van der Waals surface area contributed by atoms with Gasteiger partial charge in [-0.25, -0.2) is 12.7 Å². The Kier molecular flexibility index (Phi) is 7.42. The van der Waals surface area contributed by atoms with Crippen molar-refractivity contribution in [1.82, 2.24) is 14.5 Å². The van der Waals surface area contributed by atoms with E-state index in [4.69, 9.17) is 0 Å². The molecule has 1 N–H and O–H groups in total. The van der Waals surface area contributed by atoms with Crippen LogP contribution in [0.5, 0.6) is 0 Å². The lowest BCUT2D eigenvalue weighted by molar-refractivity contribution is -0.126. The van der Waals surface area contributed by atoms with Gasteiger partial charge in [0.2, 0.25) is 15.9 Å². The van der Waals surface area contributed by atoms with E-state index in [2.05, 4.69) is 21.7 Å². The van der Waals surface area contributed by atoms with Gasteiger partial charge in [-0.3, -0.25) is 4.79 Å². The number of hydrogen-bond donors (Lipinski definition) is 1. The minimum absolute atomic E-state index is 0.0431. The van der Waals surface area contributed by atoms with Gasteiger partial charge >= 0.3 is 0 Å². The van der Waals surface area contributed by atoms with Crippen LogP contribution in [-0.4, -0.2) is 63.0 Å². The third kappa shape index (κ3) is 5.51. The predicted octanol–water partition coefficient (Wildman–Crippen LogP) is 1.92. The third-order valence-corrected chi connectivity index (χ3v) is 7.38. The molecule has 1 saturated heterocycles. The minimum Gasteiger partial charge on any atom is -0.354 e. The average Bonchev–Trinajstić information content (AvgIpc) is 3.09. The van der Waals surface area contributed by atoms with Crippen LogP contribution in [0, 0.1) is 5.92 Å². The van der Waals surface area contributed by atoms with Crippen LogP contribution in [0.2, 0.25) is 0 Å². The van der Waals surface area contributed by atoms with Crippen molar-refractivity contribution in [3.8, 4) is 0 Å². The Morgan fingerprint density at radius 1 is 1.48 bits per heavy atom. The van der Waals surface area contributed by atoms with Crippen molar-refractivity contribution in [3.05, 3.63) is 22.4 Å². The van der Waals surface area contributed by atoms with Crippen molar-refractivity contribution in [2.45, 2.75) is 32.2 Å². The topological polar surface area (TPSA) is 69.7 Å². The van der Waals surface area contributed by atoms with Crippen molar-refractivity contribution in [2.75, 3.05) is 39.5 Å². The fourth-order valence-electron chi connectivity index (χ4n) is 3.20. The zero-order valence-corrected chi connectivity index (χ0v) is 16.9. The molecule has 1 aromatic heterocycles. The third-order valence-electron chi connectivity index (χ3n) is 4.63. The van der Waals surface area contributed by atoms with Crippen molar-refractivity contribution in [1.29, 1.82) is 0 Å². The Hall–Kier alpha value is -0.960. The van der Waals surface area contributed by atoms with Crippen LogP contribution in [0.1, 0.15) is 37.8 Å². The summed E-state index contributed by atoms with van der Waals surface area (Å²) in [5.74, 6) is -0.147. The van der Waals surface area contributed by atoms with Gasteiger partial charge in [0.05, 0.1) is 17.7 Å². The monoisotopic (exact) mass is 387 g/mol. The van der Waals surface area contributed by atoms with E-state index in [0.29, 0.717) is 26.1 Å². The number of hydrogen-bond acceptors (Lipinski definition) is 5. The molecule has 8 heteroatoms. The van der Waals surface area contributed by atoms with Crippen molar-refractivity contribution in [2.24, 2.45) is 5.92 Å². The maximum atomic E-state index is 12.6. The molecule has 1 amide bonds. The number of piperidine rings is 1. The number of likely N-dealkylation sites (N-methyl/N-ethyl adjacent to an activating group) is 1. The molecule has 0 spiro atoms. The van der Waals surface area contributed by atoms with E-state index < -0.39 is 10.0 Å². The Morgan fingerprint density at radius 2 is 2.24 bits per heavy atom. The molecule has 2 rings (SSSR count). The Morgan fingerprint density at radius 3 is 2.84 bits per heavy atom. The molecule has 0 aliphatic carbocycles. The van der Waals surface area contributed by atoms with Gasteiger partial charge in [0, 0.05) is 19.6 Å². The van der Waals surface area contributed by atoms with Gasteiger partial charge in [-0.2, -0.15) is 11.3 Å². The van der Waals surface area contributed by atoms with Gasteiger partial charge in [0.25, 0.3) is 0 Å². The van der Waals surface area contributed by atoms with E-state index in [1.807, 2.05) is 26.4 Å². The fraction of sp³-hybridized carbons (Fsp3) is 0.706. The van der Waals surface area contributed by atoms with Gasteiger partial charge < -0.3 is 10.2 Å². The van der Waals surface area contributed by atoms with Crippen LogP contribution >= 0.6 is 11.3 Å². The molecule has 2 heterocycles. The highest BCUT2D eigenvalue weighted by Crippen LogP contribution is 2.22. The van der Waals surface area contributed by atoms with E-state index in [9.17, 15) is 13.2 Å². The standard InChI is InChI=1S/C17H29N3O3S2/c1-4-10-25(22,23)20-8-5-6-14(12-20)17(21)18-11-16(19(2)3)15-7-9-24-13-15/h7,9,13-14,16H,4-6,8,10-12H2,1-3H3,(H,18,21)/t14-,16+/m0/s1. The van der Waals surface area contributed by atoms with Crippen LogP contribution in [0.3, 0.4) is 0 Å². The fourth-order valence-corrected chi connectivity index (χ4v) is 5.50. The smallest absolute Gasteiger partial charge is 0.224 e. The predicted molar refractivity (Wildman–Crippen MR) is 102 cm³/mol. The number of nitrogens with zero attached hydrogens (tertiary/aromatic N) is 2. The minimum atomic E-state index is -3.23. The number of amides is 1. The largest absolute Gasteiger partial charge is 0.354 e. The lowest BCUT2D eigenvalue weighted by atomic mass is 9.98. The van der Waals surface area contributed by atoms with Gasteiger partial charge in [0.15, 0.2) is 0 Å². The molecule has 1 aliphatic heterocycles. The van der Waals surface area contributed by atoms with E-state index in [-0.39, 0.29) is 23.6 Å². The highest BCUT2D eigenvalue weighted by molar-refractivity contribution is 7.89. The molecule has 142 valence electrons. The molecule has 6 nitrogen and oxygen atoms in total. The first-order valence-corrected chi connectivity index (χ1v) is 11.3.